The molecule has 3 heterocycles. The summed E-state index contributed by atoms with van der Waals surface area (Å²) >= 11 is 0. The monoisotopic (exact) mass is 394 g/mol. The van der Waals surface area contributed by atoms with Gasteiger partial charge in [0.1, 0.15) is 0 Å². The van der Waals surface area contributed by atoms with Crippen molar-refractivity contribution in [1.82, 2.24) is 29.3 Å². The summed E-state index contributed by atoms with van der Waals surface area (Å²) in [7, 11) is 0.659. The number of amides is 1. The van der Waals surface area contributed by atoms with Gasteiger partial charge < -0.3 is 9.80 Å². The minimum atomic E-state index is -3.38. The lowest BCUT2D eigenvalue weighted by Crippen LogP contribution is -2.38. The van der Waals surface area contributed by atoms with E-state index in [1.54, 1.807) is 11.1 Å². The molecule has 27 heavy (non-hydrogen) atoms. The average molecular weight is 395 g/mol. The van der Waals surface area contributed by atoms with Gasteiger partial charge in [-0.25, -0.2) is 22.8 Å². The maximum atomic E-state index is 12.3. The van der Waals surface area contributed by atoms with Gasteiger partial charge >= 0.3 is 0 Å². The predicted octanol–water partition coefficient (Wildman–Crippen LogP) is -0.142. The van der Waals surface area contributed by atoms with Crippen LogP contribution in [0.5, 0.6) is 0 Å². The van der Waals surface area contributed by atoms with E-state index in [2.05, 4.69) is 14.6 Å². The van der Waals surface area contributed by atoms with Gasteiger partial charge in [0.2, 0.25) is 15.9 Å². The largest absolute Gasteiger partial charge is 0.341 e. The number of hydrogen-bond donors (Lipinski definition) is 1. The highest BCUT2D eigenvalue weighted by molar-refractivity contribution is 7.88. The van der Waals surface area contributed by atoms with Crippen LogP contribution >= 0.6 is 0 Å². The molecule has 1 unspecified atom stereocenters. The fourth-order valence-corrected chi connectivity index (χ4v) is 3.69. The Morgan fingerprint density at radius 1 is 1.41 bits per heavy atom. The molecular weight excluding hydrogens is 368 g/mol. The molecule has 2 aromatic rings. The average Bonchev–Trinajstić information content (AvgIpc) is 3.22. The number of aromatic nitrogens is 3. The second-order valence-corrected chi connectivity index (χ2v) is 9.04. The van der Waals surface area contributed by atoms with E-state index < -0.39 is 10.0 Å². The van der Waals surface area contributed by atoms with Crippen molar-refractivity contribution in [3.8, 4) is 0 Å². The number of rotatable bonds is 7. The van der Waals surface area contributed by atoms with Gasteiger partial charge in [0, 0.05) is 37.1 Å². The van der Waals surface area contributed by atoms with E-state index in [4.69, 9.17) is 5.10 Å². The summed E-state index contributed by atoms with van der Waals surface area (Å²) < 4.78 is 26.6. The van der Waals surface area contributed by atoms with Crippen molar-refractivity contribution < 1.29 is 13.2 Å². The van der Waals surface area contributed by atoms with Crippen molar-refractivity contribution in [1.29, 1.82) is 0 Å². The van der Waals surface area contributed by atoms with Crippen molar-refractivity contribution in [2.24, 2.45) is 0 Å². The summed E-state index contributed by atoms with van der Waals surface area (Å²) in [6, 6.07) is 3.92. The van der Waals surface area contributed by atoms with Crippen LogP contribution in [0, 0.1) is 0 Å². The van der Waals surface area contributed by atoms with Crippen LogP contribution in [0.15, 0.2) is 18.3 Å². The van der Waals surface area contributed by atoms with Gasteiger partial charge in [-0.3, -0.25) is 4.79 Å². The number of fused-ring (bicyclic) bond motifs is 1. The Kier molecular flexibility index (Phi) is 5.78. The fourth-order valence-electron chi connectivity index (χ4n) is 3.30. The van der Waals surface area contributed by atoms with E-state index in [0.717, 1.165) is 42.5 Å². The molecule has 10 heteroatoms. The molecule has 1 atom stereocenters. The molecule has 1 aliphatic rings. The van der Waals surface area contributed by atoms with E-state index in [-0.39, 0.29) is 18.4 Å². The molecular formula is C17H26N6O3S. The molecule has 148 valence electrons. The predicted molar refractivity (Wildman–Crippen MR) is 103 cm³/mol. The summed E-state index contributed by atoms with van der Waals surface area (Å²) in [5.74, 6) is -0.0862. The zero-order valence-electron chi connectivity index (χ0n) is 15.9. The maximum absolute atomic E-state index is 12.3. The van der Waals surface area contributed by atoms with E-state index in [9.17, 15) is 13.2 Å². The molecule has 0 saturated carbocycles. The first-order valence-electron chi connectivity index (χ1n) is 8.93. The number of likely N-dealkylation sites (N-methyl/N-ethyl adjacent to an activating group) is 1. The highest BCUT2D eigenvalue weighted by atomic mass is 32.2. The zero-order chi connectivity index (χ0) is 19.6. The Balaban J connectivity index is 1.75. The van der Waals surface area contributed by atoms with Crippen LogP contribution in [0.25, 0.3) is 11.0 Å². The number of carbonyl (C=O) groups excluding carboxylic acids is 1. The van der Waals surface area contributed by atoms with Crippen molar-refractivity contribution in [3.05, 3.63) is 24.0 Å². The lowest BCUT2D eigenvalue weighted by Gasteiger charge is -2.16. The quantitative estimate of drug-likeness (QED) is 0.701. The van der Waals surface area contributed by atoms with Crippen molar-refractivity contribution in [2.45, 2.75) is 18.9 Å². The normalized spacial score (nSPS) is 17.9. The van der Waals surface area contributed by atoms with E-state index in [1.165, 1.54) is 0 Å². The van der Waals surface area contributed by atoms with Gasteiger partial charge in [0.15, 0.2) is 5.65 Å². The van der Waals surface area contributed by atoms with Gasteiger partial charge in [-0.15, -0.1) is 0 Å². The third kappa shape index (κ3) is 4.82. The lowest BCUT2D eigenvalue weighted by molar-refractivity contribution is -0.128. The number of sulfonamides is 1. The minimum absolute atomic E-state index is 0.125. The Hall–Kier alpha value is -2.04. The number of carbonyl (C=O) groups is 1. The summed E-state index contributed by atoms with van der Waals surface area (Å²) in [6.45, 7) is 2.54. The van der Waals surface area contributed by atoms with Crippen LogP contribution in [-0.4, -0.2) is 85.4 Å². The number of likely N-dealkylation sites (tertiary alicyclic amines) is 1. The molecule has 2 aromatic heterocycles. The first kappa shape index (κ1) is 19.7. The van der Waals surface area contributed by atoms with Crippen molar-refractivity contribution in [3.63, 3.8) is 0 Å². The molecule has 3 rings (SSSR count). The van der Waals surface area contributed by atoms with Crippen molar-refractivity contribution >= 4 is 27.0 Å². The van der Waals surface area contributed by atoms with Crippen LogP contribution in [0.1, 0.15) is 18.0 Å². The topological polar surface area (TPSA) is 100 Å². The smallest absolute Gasteiger partial charge is 0.237 e. The molecule has 0 radical (unpaired) electrons. The van der Waals surface area contributed by atoms with Crippen LogP contribution in [0.4, 0.5) is 0 Å². The van der Waals surface area contributed by atoms with E-state index >= 15 is 0 Å². The second-order valence-electron chi connectivity index (χ2n) is 7.20. The Labute approximate surface area is 159 Å². The van der Waals surface area contributed by atoms with E-state index in [0.29, 0.717) is 13.1 Å². The molecule has 9 nitrogen and oxygen atoms in total. The van der Waals surface area contributed by atoms with Crippen molar-refractivity contribution in [2.75, 3.05) is 46.5 Å². The Bertz CT molecular complexity index is 924. The van der Waals surface area contributed by atoms with Crippen LogP contribution in [0.2, 0.25) is 0 Å². The Morgan fingerprint density at radius 3 is 2.89 bits per heavy atom. The highest BCUT2D eigenvalue weighted by Crippen LogP contribution is 2.31. The molecule has 1 fully saturated rings. The minimum Gasteiger partial charge on any atom is -0.341 e. The van der Waals surface area contributed by atoms with Crippen LogP contribution < -0.4 is 4.72 Å². The van der Waals surface area contributed by atoms with Gasteiger partial charge in [-0.1, -0.05) is 0 Å². The SMILES string of the molecule is CN(C)CCn1nc(C2CCN(C(=O)CNS(C)(=O)=O)C2)c2cccnc21. The summed E-state index contributed by atoms with van der Waals surface area (Å²) in [6.07, 6.45) is 3.62. The van der Waals surface area contributed by atoms with Gasteiger partial charge in [0.05, 0.1) is 25.0 Å². The highest BCUT2D eigenvalue weighted by Gasteiger charge is 2.30. The van der Waals surface area contributed by atoms with Gasteiger partial charge in [-0.05, 0) is 32.6 Å². The number of pyridine rings is 1. The van der Waals surface area contributed by atoms with Crippen LogP contribution in [-0.2, 0) is 21.4 Å². The van der Waals surface area contributed by atoms with E-state index in [1.807, 2.05) is 30.9 Å². The Morgan fingerprint density at radius 2 is 2.19 bits per heavy atom. The molecule has 0 aromatic carbocycles. The third-order valence-electron chi connectivity index (χ3n) is 4.71. The summed E-state index contributed by atoms with van der Waals surface area (Å²) in [5, 5.41) is 5.82. The molecule has 0 bridgehead atoms. The first-order valence-corrected chi connectivity index (χ1v) is 10.8. The molecule has 1 amide bonds. The molecule has 1 N–H and O–H groups in total. The summed E-state index contributed by atoms with van der Waals surface area (Å²) in [5.41, 5.74) is 1.82. The third-order valence-corrected chi connectivity index (χ3v) is 5.38. The maximum Gasteiger partial charge on any atom is 0.237 e. The fraction of sp³-hybridized carbons (Fsp3) is 0.588. The lowest BCUT2D eigenvalue weighted by atomic mass is 10.0. The number of nitrogens with one attached hydrogen (secondary N) is 1. The van der Waals surface area contributed by atoms with Crippen LogP contribution in [0.3, 0.4) is 0 Å². The second kappa shape index (κ2) is 7.91. The first-order chi connectivity index (χ1) is 12.7. The molecule has 1 aliphatic heterocycles. The van der Waals surface area contributed by atoms with Gasteiger partial charge in [0.25, 0.3) is 0 Å². The standard InChI is InChI=1S/C17H26N6O3S/c1-21(2)9-10-23-17-14(5-4-7-18-17)16(20-23)13-6-8-22(12-13)15(24)11-19-27(3,25)26/h4-5,7,13,19H,6,8-12H2,1-3H3. The molecule has 0 aliphatic carbocycles. The number of nitrogens with zero attached hydrogens (tertiary/aromatic N) is 5. The van der Waals surface area contributed by atoms with Gasteiger partial charge in [-0.2, -0.15) is 5.10 Å². The number of hydrogen-bond acceptors (Lipinski definition) is 6. The molecule has 1 saturated heterocycles. The zero-order valence-corrected chi connectivity index (χ0v) is 16.7. The molecule has 0 spiro atoms. The summed E-state index contributed by atoms with van der Waals surface area (Å²) in [4.78, 5) is 20.6.